The Kier molecular flexibility index (Phi) is 4.79. The van der Waals surface area contributed by atoms with Crippen LogP contribution >= 0.6 is 15.9 Å². The van der Waals surface area contributed by atoms with Gasteiger partial charge in [-0.05, 0) is 77.6 Å². The number of nitrogens with one attached hydrogen (secondary N) is 1. The van der Waals surface area contributed by atoms with Gasteiger partial charge in [-0.2, -0.15) is 0 Å². The zero-order valence-electron chi connectivity index (χ0n) is 12.5. The number of halogens is 3. The molecule has 2 aromatic carbocycles. The molecule has 0 aliphatic heterocycles. The molecule has 0 amide bonds. The molecule has 0 aliphatic carbocycles. The summed E-state index contributed by atoms with van der Waals surface area (Å²) in [5, 5.41) is 3.19. The van der Waals surface area contributed by atoms with Crippen LogP contribution in [-0.4, -0.2) is 7.05 Å². The summed E-state index contributed by atoms with van der Waals surface area (Å²) in [5.41, 5.74) is 5.26. The Labute approximate surface area is 132 Å². The summed E-state index contributed by atoms with van der Waals surface area (Å²) in [7, 11) is 1.81. The number of hydrogen-bond donors (Lipinski definition) is 1. The molecular weight excluding hydrogens is 336 g/mol. The lowest BCUT2D eigenvalue weighted by molar-refractivity contribution is 0.499. The van der Waals surface area contributed by atoms with Crippen molar-refractivity contribution in [2.24, 2.45) is 0 Å². The van der Waals surface area contributed by atoms with Crippen molar-refractivity contribution in [2.75, 3.05) is 7.05 Å². The molecule has 1 nitrogen and oxygen atoms in total. The van der Waals surface area contributed by atoms with Gasteiger partial charge in [0.15, 0.2) is 11.6 Å². The third-order valence-electron chi connectivity index (χ3n) is 3.86. The summed E-state index contributed by atoms with van der Waals surface area (Å²) in [6.07, 6.45) is 0. The van der Waals surface area contributed by atoms with Crippen LogP contribution < -0.4 is 5.32 Å². The highest BCUT2D eigenvalue weighted by atomic mass is 79.9. The van der Waals surface area contributed by atoms with Crippen molar-refractivity contribution in [3.8, 4) is 0 Å². The van der Waals surface area contributed by atoms with Crippen molar-refractivity contribution in [1.82, 2.24) is 5.32 Å². The van der Waals surface area contributed by atoms with Crippen molar-refractivity contribution in [2.45, 2.75) is 26.8 Å². The highest BCUT2D eigenvalue weighted by molar-refractivity contribution is 9.10. The Hall–Kier alpha value is -1.26. The molecule has 4 heteroatoms. The van der Waals surface area contributed by atoms with E-state index in [1.807, 2.05) is 20.9 Å². The fourth-order valence-electron chi connectivity index (χ4n) is 2.54. The second kappa shape index (κ2) is 6.24. The third-order valence-corrected chi connectivity index (χ3v) is 4.66. The lowest BCUT2D eigenvalue weighted by Crippen LogP contribution is -2.20. The van der Waals surface area contributed by atoms with Gasteiger partial charge in [0, 0.05) is 0 Å². The molecule has 0 aliphatic rings. The summed E-state index contributed by atoms with van der Waals surface area (Å²) in [4.78, 5) is 0. The molecule has 21 heavy (non-hydrogen) atoms. The summed E-state index contributed by atoms with van der Waals surface area (Å²) in [6, 6.07) is 6.78. The van der Waals surface area contributed by atoms with Crippen LogP contribution in [0.15, 0.2) is 28.7 Å². The third kappa shape index (κ3) is 3.01. The fraction of sp³-hybridized carbons (Fsp3) is 0.294. The van der Waals surface area contributed by atoms with E-state index < -0.39 is 11.6 Å². The van der Waals surface area contributed by atoms with Crippen LogP contribution in [0.25, 0.3) is 0 Å². The van der Waals surface area contributed by atoms with E-state index in [0.29, 0.717) is 5.56 Å². The second-order valence-electron chi connectivity index (χ2n) is 5.28. The zero-order valence-corrected chi connectivity index (χ0v) is 14.1. The summed E-state index contributed by atoms with van der Waals surface area (Å²) in [6.45, 7) is 6.14. The topological polar surface area (TPSA) is 12.0 Å². The molecule has 0 heterocycles. The van der Waals surface area contributed by atoms with E-state index in [9.17, 15) is 8.78 Å². The Morgan fingerprint density at radius 3 is 2.19 bits per heavy atom. The molecule has 0 fully saturated rings. The molecule has 0 saturated heterocycles. The first-order valence-corrected chi connectivity index (χ1v) is 7.54. The summed E-state index contributed by atoms with van der Waals surface area (Å²) < 4.78 is 27.3. The number of aryl methyl sites for hydroxylation is 3. The molecule has 1 atom stereocenters. The SMILES string of the molecule is CNC(c1cc(C)c(C)cc1C)c1ccc(F)c(F)c1Br. The Balaban J connectivity index is 2.60. The van der Waals surface area contributed by atoms with E-state index >= 15 is 0 Å². The second-order valence-corrected chi connectivity index (χ2v) is 6.07. The number of hydrogen-bond acceptors (Lipinski definition) is 1. The van der Waals surface area contributed by atoms with Crippen LogP contribution in [0, 0.1) is 32.4 Å². The minimum absolute atomic E-state index is 0.166. The van der Waals surface area contributed by atoms with Gasteiger partial charge >= 0.3 is 0 Å². The molecule has 1 N–H and O–H groups in total. The molecule has 0 spiro atoms. The Morgan fingerprint density at radius 2 is 1.57 bits per heavy atom. The maximum atomic E-state index is 13.8. The van der Waals surface area contributed by atoms with Gasteiger partial charge in [0.05, 0.1) is 10.5 Å². The van der Waals surface area contributed by atoms with Crippen molar-refractivity contribution < 1.29 is 8.78 Å². The van der Waals surface area contributed by atoms with Gasteiger partial charge < -0.3 is 5.32 Å². The predicted molar refractivity (Wildman–Crippen MR) is 85.6 cm³/mol. The van der Waals surface area contributed by atoms with Crippen LogP contribution in [0.1, 0.15) is 33.9 Å². The monoisotopic (exact) mass is 353 g/mol. The van der Waals surface area contributed by atoms with Crippen molar-refractivity contribution in [3.05, 3.63) is 68.2 Å². The molecule has 0 saturated carbocycles. The predicted octanol–water partition coefficient (Wildman–Crippen LogP) is 4.96. The maximum Gasteiger partial charge on any atom is 0.173 e. The van der Waals surface area contributed by atoms with Crippen molar-refractivity contribution >= 4 is 15.9 Å². The maximum absolute atomic E-state index is 13.8. The molecule has 2 aromatic rings. The first-order chi connectivity index (χ1) is 9.86. The highest BCUT2D eigenvalue weighted by Gasteiger charge is 2.21. The van der Waals surface area contributed by atoms with Gasteiger partial charge in [0.25, 0.3) is 0 Å². The standard InChI is InChI=1S/C17H18BrF2N/c1-9-7-11(3)13(8-10(9)2)17(21-4)12-5-6-14(19)16(20)15(12)18/h5-8,17,21H,1-4H3. The van der Waals surface area contributed by atoms with Crippen LogP contribution in [-0.2, 0) is 0 Å². The summed E-state index contributed by atoms with van der Waals surface area (Å²) in [5.74, 6) is -1.70. The lowest BCUT2D eigenvalue weighted by Gasteiger charge is -2.22. The van der Waals surface area contributed by atoms with Gasteiger partial charge in [-0.25, -0.2) is 8.78 Å². The Morgan fingerprint density at radius 1 is 0.952 bits per heavy atom. The van der Waals surface area contributed by atoms with Gasteiger partial charge in [0.1, 0.15) is 0 Å². The minimum Gasteiger partial charge on any atom is -0.309 e. The van der Waals surface area contributed by atoms with E-state index in [1.165, 1.54) is 11.1 Å². The molecular formula is C17H18BrF2N. The van der Waals surface area contributed by atoms with Gasteiger partial charge in [0.2, 0.25) is 0 Å². The zero-order chi connectivity index (χ0) is 15.7. The first kappa shape index (κ1) is 16.1. The van der Waals surface area contributed by atoms with Gasteiger partial charge in [-0.15, -0.1) is 0 Å². The van der Waals surface area contributed by atoms with Crippen LogP contribution in [0.5, 0.6) is 0 Å². The number of benzene rings is 2. The number of rotatable bonds is 3. The summed E-state index contributed by atoms with van der Waals surface area (Å²) >= 11 is 3.17. The average molecular weight is 354 g/mol. The van der Waals surface area contributed by atoms with E-state index in [2.05, 4.69) is 40.3 Å². The molecule has 112 valence electrons. The quantitative estimate of drug-likeness (QED) is 0.768. The van der Waals surface area contributed by atoms with Crippen LogP contribution in [0.3, 0.4) is 0 Å². The first-order valence-electron chi connectivity index (χ1n) is 6.75. The molecule has 0 bridgehead atoms. The average Bonchev–Trinajstić information content (AvgIpc) is 2.44. The van der Waals surface area contributed by atoms with E-state index in [1.54, 1.807) is 6.07 Å². The molecule has 0 radical (unpaired) electrons. The van der Waals surface area contributed by atoms with Crippen LogP contribution in [0.2, 0.25) is 0 Å². The normalized spacial score (nSPS) is 12.5. The van der Waals surface area contributed by atoms with E-state index in [-0.39, 0.29) is 10.5 Å². The smallest absolute Gasteiger partial charge is 0.173 e. The lowest BCUT2D eigenvalue weighted by atomic mass is 9.91. The van der Waals surface area contributed by atoms with Gasteiger partial charge in [-0.3, -0.25) is 0 Å². The largest absolute Gasteiger partial charge is 0.309 e. The van der Waals surface area contributed by atoms with E-state index in [4.69, 9.17) is 0 Å². The van der Waals surface area contributed by atoms with Crippen molar-refractivity contribution in [1.29, 1.82) is 0 Å². The molecule has 2 rings (SSSR count). The minimum atomic E-state index is -0.853. The van der Waals surface area contributed by atoms with Crippen LogP contribution in [0.4, 0.5) is 8.78 Å². The van der Waals surface area contributed by atoms with E-state index in [0.717, 1.165) is 17.2 Å². The molecule has 1 unspecified atom stereocenters. The van der Waals surface area contributed by atoms with Gasteiger partial charge in [-0.1, -0.05) is 18.2 Å². The molecule has 0 aromatic heterocycles. The highest BCUT2D eigenvalue weighted by Crippen LogP contribution is 2.33. The van der Waals surface area contributed by atoms with Crippen molar-refractivity contribution in [3.63, 3.8) is 0 Å². The Bertz CT molecular complexity index is 681. The fourth-order valence-corrected chi connectivity index (χ4v) is 3.09.